The molecule has 32 heavy (non-hydrogen) atoms. The van der Waals surface area contributed by atoms with Crippen molar-refractivity contribution in [2.45, 2.75) is 45.4 Å². The molecular weight excluding hydrogens is 428 g/mol. The van der Waals surface area contributed by atoms with Crippen LogP contribution in [0.2, 0.25) is 0 Å². The molecule has 172 valence electrons. The molecule has 1 N–H and O–H groups in total. The standard InChI is InChI=1S/C24H30N2O5S/c1-16-5-7-21(13-18(16)3)25-23(27)15-31-24(28)20-9-11-26(12-10-20)32(29,30)22-8-6-17(2)19(4)14-22/h5-8,13-14,20H,9-12,15H2,1-4H3,(H,25,27). The number of sulfonamides is 1. The van der Waals surface area contributed by atoms with Gasteiger partial charge in [-0.15, -0.1) is 0 Å². The maximum Gasteiger partial charge on any atom is 0.309 e. The number of piperidine rings is 1. The number of rotatable bonds is 6. The Morgan fingerprint density at radius 1 is 0.938 bits per heavy atom. The van der Waals surface area contributed by atoms with Gasteiger partial charge in [0.15, 0.2) is 6.61 Å². The fourth-order valence-electron chi connectivity index (χ4n) is 3.63. The highest BCUT2D eigenvalue weighted by atomic mass is 32.2. The van der Waals surface area contributed by atoms with Crippen LogP contribution in [0.3, 0.4) is 0 Å². The number of benzene rings is 2. The lowest BCUT2D eigenvalue weighted by Gasteiger charge is -2.30. The maximum absolute atomic E-state index is 12.9. The van der Waals surface area contributed by atoms with Crippen LogP contribution in [0.25, 0.3) is 0 Å². The number of nitrogens with zero attached hydrogens (tertiary/aromatic N) is 1. The number of nitrogens with one attached hydrogen (secondary N) is 1. The van der Waals surface area contributed by atoms with E-state index in [1.54, 1.807) is 24.3 Å². The minimum atomic E-state index is -3.60. The van der Waals surface area contributed by atoms with Gasteiger partial charge in [-0.3, -0.25) is 9.59 Å². The molecule has 0 aromatic heterocycles. The van der Waals surface area contributed by atoms with E-state index in [1.165, 1.54) is 4.31 Å². The Morgan fingerprint density at radius 2 is 1.53 bits per heavy atom. The Balaban J connectivity index is 1.50. The predicted molar refractivity (Wildman–Crippen MR) is 123 cm³/mol. The molecule has 3 rings (SSSR count). The molecule has 0 atom stereocenters. The van der Waals surface area contributed by atoms with Gasteiger partial charge in [-0.05, 0) is 87.1 Å². The summed E-state index contributed by atoms with van der Waals surface area (Å²) in [6.45, 7) is 7.87. The number of hydrogen-bond acceptors (Lipinski definition) is 5. The predicted octanol–water partition coefficient (Wildman–Crippen LogP) is 3.50. The van der Waals surface area contributed by atoms with E-state index in [1.807, 2.05) is 39.8 Å². The summed E-state index contributed by atoms with van der Waals surface area (Å²) in [7, 11) is -3.60. The van der Waals surface area contributed by atoms with Gasteiger partial charge in [-0.2, -0.15) is 4.31 Å². The molecule has 0 aliphatic carbocycles. The van der Waals surface area contributed by atoms with E-state index in [2.05, 4.69) is 5.32 Å². The van der Waals surface area contributed by atoms with Crippen LogP contribution in [0.15, 0.2) is 41.3 Å². The van der Waals surface area contributed by atoms with Crippen molar-refractivity contribution in [2.24, 2.45) is 5.92 Å². The summed E-state index contributed by atoms with van der Waals surface area (Å²) in [6.07, 6.45) is 0.726. The van der Waals surface area contributed by atoms with E-state index in [-0.39, 0.29) is 24.6 Å². The zero-order valence-corrected chi connectivity index (χ0v) is 19.8. The topological polar surface area (TPSA) is 92.8 Å². The monoisotopic (exact) mass is 458 g/mol. The quantitative estimate of drug-likeness (QED) is 0.669. The van der Waals surface area contributed by atoms with Crippen molar-refractivity contribution in [1.29, 1.82) is 0 Å². The Bertz CT molecular complexity index is 1120. The molecule has 1 fully saturated rings. The van der Waals surface area contributed by atoms with Crippen LogP contribution < -0.4 is 5.32 Å². The van der Waals surface area contributed by atoms with Crippen molar-refractivity contribution in [2.75, 3.05) is 25.0 Å². The lowest BCUT2D eigenvalue weighted by Crippen LogP contribution is -2.41. The van der Waals surface area contributed by atoms with E-state index in [0.29, 0.717) is 18.5 Å². The summed E-state index contributed by atoms with van der Waals surface area (Å²) in [4.78, 5) is 24.8. The van der Waals surface area contributed by atoms with Crippen molar-refractivity contribution >= 4 is 27.6 Å². The molecular formula is C24H30N2O5S. The van der Waals surface area contributed by atoms with Gasteiger partial charge in [-0.1, -0.05) is 12.1 Å². The second-order valence-electron chi connectivity index (χ2n) is 8.38. The van der Waals surface area contributed by atoms with Crippen LogP contribution in [0.5, 0.6) is 0 Å². The summed E-state index contributed by atoms with van der Waals surface area (Å²) in [5.41, 5.74) is 4.79. The van der Waals surface area contributed by atoms with Gasteiger partial charge in [-0.25, -0.2) is 8.42 Å². The Kier molecular flexibility index (Phi) is 7.36. The van der Waals surface area contributed by atoms with Crippen LogP contribution in [0, 0.1) is 33.6 Å². The molecule has 0 saturated carbocycles. The number of carbonyl (C=O) groups is 2. The molecule has 1 aliphatic heterocycles. The number of aryl methyl sites for hydroxylation is 4. The van der Waals surface area contributed by atoms with E-state index in [9.17, 15) is 18.0 Å². The molecule has 8 heteroatoms. The van der Waals surface area contributed by atoms with Gasteiger partial charge in [0, 0.05) is 18.8 Å². The normalized spacial score (nSPS) is 15.4. The first-order valence-electron chi connectivity index (χ1n) is 10.7. The first-order chi connectivity index (χ1) is 15.1. The molecule has 0 unspecified atom stereocenters. The molecule has 2 aromatic rings. The van der Waals surface area contributed by atoms with Crippen molar-refractivity contribution in [3.05, 3.63) is 58.7 Å². The van der Waals surface area contributed by atoms with Crippen molar-refractivity contribution in [3.63, 3.8) is 0 Å². The first kappa shape index (κ1) is 23.9. The number of hydrogen-bond donors (Lipinski definition) is 1. The van der Waals surface area contributed by atoms with Crippen LogP contribution in [-0.4, -0.2) is 44.3 Å². The van der Waals surface area contributed by atoms with Gasteiger partial charge in [0.1, 0.15) is 0 Å². The maximum atomic E-state index is 12.9. The van der Waals surface area contributed by atoms with Crippen molar-refractivity contribution in [3.8, 4) is 0 Å². The summed E-state index contributed by atoms with van der Waals surface area (Å²) < 4.78 is 32.4. The van der Waals surface area contributed by atoms with Crippen LogP contribution >= 0.6 is 0 Å². The van der Waals surface area contributed by atoms with Gasteiger partial charge < -0.3 is 10.1 Å². The number of ether oxygens (including phenoxy) is 1. The van der Waals surface area contributed by atoms with Crippen LogP contribution in [0.4, 0.5) is 5.69 Å². The smallest absolute Gasteiger partial charge is 0.309 e. The van der Waals surface area contributed by atoms with Crippen molar-refractivity contribution < 1.29 is 22.7 Å². The lowest BCUT2D eigenvalue weighted by molar-refractivity contribution is -0.152. The molecule has 7 nitrogen and oxygen atoms in total. The Labute approximate surface area is 189 Å². The molecule has 0 radical (unpaired) electrons. The molecule has 1 heterocycles. The van der Waals surface area contributed by atoms with E-state index < -0.39 is 27.8 Å². The molecule has 0 spiro atoms. The number of anilines is 1. The number of carbonyl (C=O) groups excluding carboxylic acids is 2. The Morgan fingerprint density at radius 3 is 2.12 bits per heavy atom. The van der Waals surface area contributed by atoms with Gasteiger partial charge in [0.25, 0.3) is 5.91 Å². The first-order valence-corrected chi connectivity index (χ1v) is 12.1. The second-order valence-corrected chi connectivity index (χ2v) is 10.3. The van der Waals surface area contributed by atoms with E-state index >= 15 is 0 Å². The highest BCUT2D eigenvalue weighted by Crippen LogP contribution is 2.26. The van der Waals surface area contributed by atoms with Gasteiger partial charge in [0.2, 0.25) is 10.0 Å². The molecule has 1 aliphatic rings. The minimum absolute atomic E-state index is 0.240. The summed E-state index contributed by atoms with van der Waals surface area (Å²) >= 11 is 0. The van der Waals surface area contributed by atoms with Gasteiger partial charge in [0.05, 0.1) is 10.8 Å². The number of amides is 1. The summed E-state index contributed by atoms with van der Waals surface area (Å²) in [6, 6.07) is 10.7. The highest BCUT2D eigenvalue weighted by Gasteiger charge is 2.33. The lowest BCUT2D eigenvalue weighted by atomic mass is 9.98. The van der Waals surface area contributed by atoms with Crippen molar-refractivity contribution in [1.82, 2.24) is 4.31 Å². The largest absolute Gasteiger partial charge is 0.455 e. The average Bonchev–Trinajstić information content (AvgIpc) is 2.76. The SMILES string of the molecule is Cc1ccc(NC(=O)COC(=O)C2CCN(S(=O)(=O)c3ccc(C)c(C)c3)CC2)cc1C. The Hall–Kier alpha value is -2.71. The molecule has 1 amide bonds. The fraction of sp³-hybridized carbons (Fsp3) is 0.417. The van der Waals surface area contributed by atoms with Gasteiger partial charge >= 0.3 is 5.97 Å². The molecule has 1 saturated heterocycles. The summed E-state index contributed by atoms with van der Waals surface area (Å²) in [5, 5.41) is 2.72. The van der Waals surface area contributed by atoms with E-state index in [4.69, 9.17) is 4.74 Å². The molecule has 2 aromatic carbocycles. The van der Waals surface area contributed by atoms with E-state index in [0.717, 1.165) is 22.3 Å². The third-order valence-corrected chi connectivity index (χ3v) is 7.93. The molecule has 0 bridgehead atoms. The third kappa shape index (κ3) is 5.55. The minimum Gasteiger partial charge on any atom is -0.455 e. The zero-order valence-electron chi connectivity index (χ0n) is 19.0. The zero-order chi connectivity index (χ0) is 23.5. The van der Waals surface area contributed by atoms with Crippen LogP contribution in [-0.2, 0) is 24.3 Å². The number of esters is 1. The second kappa shape index (κ2) is 9.83. The average molecular weight is 459 g/mol. The van der Waals surface area contributed by atoms with Crippen LogP contribution in [0.1, 0.15) is 35.1 Å². The third-order valence-electron chi connectivity index (χ3n) is 6.04. The summed E-state index contributed by atoms with van der Waals surface area (Å²) in [5.74, 6) is -1.30. The fourth-order valence-corrected chi connectivity index (χ4v) is 5.18. The highest BCUT2D eigenvalue weighted by molar-refractivity contribution is 7.89.